The van der Waals surface area contributed by atoms with Crippen LogP contribution in [-0.4, -0.2) is 60.8 Å². The van der Waals surface area contributed by atoms with E-state index < -0.39 is 9.84 Å². The molecule has 2 N–H and O–H groups in total. The highest BCUT2D eigenvalue weighted by molar-refractivity contribution is 7.91. The molecule has 3 atom stereocenters. The number of piperidine rings is 1. The standard InChI is InChI=1S/C13H21N5O2S/c19-21(20)5-3-10(8-21)12-15-13(17-16-12)18-4-1-2-9-6-14-7-11(9)18/h9-11,14H,1-8H2,(H,15,16,17). The fourth-order valence-electron chi connectivity index (χ4n) is 3.90. The molecule has 3 aliphatic heterocycles. The average Bonchev–Trinajstić information content (AvgIpc) is 3.15. The highest BCUT2D eigenvalue weighted by atomic mass is 32.2. The van der Waals surface area contributed by atoms with Crippen molar-refractivity contribution in [2.75, 3.05) is 36.0 Å². The number of anilines is 1. The molecule has 3 fully saturated rings. The summed E-state index contributed by atoms with van der Waals surface area (Å²) < 4.78 is 23.2. The zero-order chi connectivity index (χ0) is 14.4. The minimum absolute atomic E-state index is 0.0152. The molecule has 1 aromatic rings. The van der Waals surface area contributed by atoms with Crippen LogP contribution in [0, 0.1) is 5.92 Å². The normalized spacial score (nSPS) is 35.0. The van der Waals surface area contributed by atoms with Crippen LogP contribution in [0.1, 0.15) is 31.0 Å². The predicted molar refractivity (Wildman–Crippen MR) is 79.1 cm³/mol. The van der Waals surface area contributed by atoms with Gasteiger partial charge in [0.1, 0.15) is 5.82 Å². The number of aromatic nitrogens is 3. The van der Waals surface area contributed by atoms with Crippen molar-refractivity contribution in [3.05, 3.63) is 5.82 Å². The Hall–Kier alpha value is -1.15. The van der Waals surface area contributed by atoms with Gasteiger partial charge in [-0.25, -0.2) is 8.42 Å². The first-order valence-corrected chi connectivity index (χ1v) is 9.54. The molecule has 3 saturated heterocycles. The summed E-state index contributed by atoms with van der Waals surface area (Å²) in [5, 5.41) is 10.8. The van der Waals surface area contributed by atoms with Gasteiger partial charge in [0, 0.05) is 31.6 Å². The predicted octanol–water partition coefficient (Wildman–Crippen LogP) is -0.105. The largest absolute Gasteiger partial charge is 0.335 e. The first kappa shape index (κ1) is 13.5. The van der Waals surface area contributed by atoms with E-state index in [1.165, 1.54) is 12.8 Å². The lowest BCUT2D eigenvalue weighted by Crippen LogP contribution is -2.45. The molecule has 7 nitrogen and oxygen atoms in total. The first-order valence-electron chi connectivity index (χ1n) is 7.72. The minimum Gasteiger partial charge on any atom is -0.335 e. The van der Waals surface area contributed by atoms with Gasteiger partial charge in [-0.15, -0.1) is 5.10 Å². The summed E-state index contributed by atoms with van der Waals surface area (Å²) in [7, 11) is -2.88. The number of nitrogens with one attached hydrogen (secondary N) is 2. The Labute approximate surface area is 124 Å². The molecule has 0 saturated carbocycles. The van der Waals surface area contributed by atoms with Crippen molar-refractivity contribution >= 4 is 15.8 Å². The lowest BCUT2D eigenvalue weighted by Gasteiger charge is -2.36. The number of aromatic amines is 1. The van der Waals surface area contributed by atoms with E-state index in [1.54, 1.807) is 0 Å². The molecule has 4 heterocycles. The maximum Gasteiger partial charge on any atom is 0.245 e. The quantitative estimate of drug-likeness (QED) is 0.792. The van der Waals surface area contributed by atoms with Crippen LogP contribution in [0.2, 0.25) is 0 Å². The van der Waals surface area contributed by atoms with E-state index >= 15 is 0 Å². The molecule has 0 bridgehead atoms. The van der Waals surface area contributed by atoms with E-state index in [2.05, 4.69) is 25.4 Å². The van der Waals surface area contributed by atoms with Gasteiger partial charge in [0.15, 0.2) is 9.84 Å². The maximum absolute atomic E-state index is 11.6. The molecular formula is C13H21N5O2S. The second kappa shape index (κ2) is 4.95. The number of sulfone groups is 1. The number of hydrogen-bond acceptors (Lipinski definition) is 6. The summed E-state index contributed by atoms with van der Waals surface area (Å²) in [6.45, 7) is 3.06. The Morgan fingerprint density at radius 3 is 2.95 bits per heavy atom. The van der Waals surface area contributed by atoms with Crippen LogP contribution in [0.4, 0.5) is 5.95 Å². The van der Waals surface area contributed by atoms with Gasteiger partial charge in [0.2, 0.25) is 5.95 Å². The van der Waals surface area contributed by atoms with Crippen LogP contribution >= 0.6 is 0 Å². The smallest absolute Gasteiger partial charge is 0.245 e. The van der Waals surface area contributed by atoms with Crippen molar-refractivity contribution in [1.82, 2.24) is 20.5 Å². The SMILES string of the molecule is O=S1(=O)CCC(c2nc(N3CCCC4CNCC43)n[nH]2)C1. The van der Waals surface area contributed by atoms with Crippen LogP contribution in [-0.2, 0) is 9.84 Å². The molecule has 116 valence electrons. The second-order valence-electron chi connectivity index (χ2n) is 6.44. The molecule has 0 aromatic carbocycles. The van der Waals surface area contributed by atoms with E-state index in [1.807, 2.05) is 0 Å². The molecule has 21 heavy (non-hydrogen) atoms. The molecule has 1 aromatic heterocycles. The van der Waals surface area contributed by atoms with E-state index in [9.17, 15) is 8.42 Å². The fraction of sp³-hybridized carbons (Fsp3) is 0.846. The monoisotopic (exact) mass is 311 g/mol. The van der Waals surface area contributed by atoms with Gasteiger partial charge in [0.25, 0.3) is 0 Å². The number of rotatable bonds is 2. The molecule has 4 rings (SSSR count). The Kier molecular flexibility index (Phi) is 3.18. The van der Waals surface area contributed by atoms with Gasteiger partial charge in [-0.1, -0.05) is 0 Å². The van der Waals surface area contributed by atoms with Gasteiger partial charge < -0.3 is 10.2 Å². The number of H-pyrrole nitrogens is 1. The molecule has 0 radical (unpaired) electrons. The third-order valence-electron chi connectivity index (χ3n) is 5.05. The van der Waals surface area contributed by atoms with Gasteiger partial charge in [-0.3, -0.25) is 5.10 Å². The first-order chi connectivity index (χ1) is 10.1. The van der Waals surface area contributed by atoms with E-state index in [4.69, 9.17) is 0 Å². The molecule has 0 amide bonds. The summed E-state index contributed by atoms with van der Waals surface area (Å²) in [5.41, 5.74) is 0. The van der Waals surface area contributed by atoms with Crippen molar-refractivity contribution in [3.63, 3.8) is 0 Å². The molecule has 8 heteroatoms. The molecule has 0 aliphatic carbocycles. The molecule has 3 unspecified atom stereocenters. The maximum atomic E-state index is 11.6. The van der Waals surface area contributed by atoms with Crippen molar-refractivity contribution < 1.29 is 8.42 Å². The lowest BCUT2D eigenvalue weighted by molar-refractivity contribution is 0.381. The van der Waals surface area contributed by atoms with Crippen LogP contribution in [0.3, 0.4) is 0 Å². The zero-order valence-corrected chi connectivity index (χ0v) is 12.8. The van der Waals surface area contributed by atoms with Crippen molar-refractivity contribution in [3.8, 4) is 0 Å². The Bertz CT molecular complexity index is 628. The van der Waals surface area contributed by atoms with Crippen molar-refractivity contribution in [2.24, 2.45) is 5.92 Å². The summed E-state index contributed by atoms with van der Waals surface area (Å²) in [6.07, 6.45) is 3.10. The third-order valence-corrected chi connectivity index (χ3v) is 6.81. The Morgan fingerprint density at radius 2 is 2.14 bits per heavy atom. The summed E-state index contributed by atoms with van der Waals surface area (Å²) in [5.74, 6) is 2.62. The highest BCUT2D eigenvalue weighted by Crippen LogP contribution is 2.31. The summed E-state index contributed by atoms with van der Waals surface area (Å²) in [6, 6.07) is 0.481. The Morgan fingerprint density at radius 1 is 1.24 bits per heavy atom. The van der Waals surface area contributed by atoms with Crippen molar-refractivity contribution in [1.29, 1.82) is 0 Å². The third kappa shape index (κ3) is 2.44. The zero-order valence-electron chi connectivity index (χ0n) is 12.0. The van der Waals surface area contributed by atoms with Gasteiger partial charge in [-0.05, 0) is 25.2 Å². The number of hydrogen-bond donors (Lipinski definition) is 2. The topological polar surface area (TPSA) is 91.0 Å². The summed E-state index contributed by atoms with van der Waals surface area (Å²) >= 11 is 0. The van der Waals surface area contributed by atoms with E-state index in [0.29, 0.717) is 18.4 Å². The summed E-state index contributed by atoms with van der Waals surface area (Å²) in [4.78, 5) is 6.90. The minimum atomic E-state index is -2.88. The van der Waals surface area contributed by atoms with Gasteiger partial charge >= 0.3 is 0 Å². The number of fused-ring (bicyclic) bond motifs is 1. The van der Waals surface area contributed by atoms with E-state index in [-0.39, 0.29) is 17.4 Å². The second-order valence-corrected chi connectivity index (χ2v) is 8.67. The fourth-order valence-corrected chi connectivity index (χ4v) is 5.65. The average molecular weight is 311 g/mol. The Balaban J connectivity index is 1.54. The van der Waals surface area contributed by atoms with Crippen molar-refractivity contribution in [2.45, 2.75) is 31.2 Å². The molecule has 0 spiro atoms. The number of nitrogens with zero attached hydrogens (tertiary/aromatic N) is 3. The van der Waals surface area contributed by atoms with Crippen LogP contribution in [0.15, 0.2) is 0 Å². The molecule has 3 aliphatic rings. The van der Waals surface area contributed by atoms with Gasteiger partial charge in [-0.2, -0.15) is 4.98 Å². The molecular weight excluding hydrogens is 290 g/mol. The highest BCUT2D eigenvalue weighted by Gasteiger charge is 2.37. The van der Waals surface area contributed by atoms with Gasteiger partial charge in [0.05, 0.1) is 11.5 Å². The van der Waals surface area contributed by atoms with Crippen LogP contribution in [0.25, 0.3) is 0 Å². The van der Waals surface area contributed by atoms with E-state index in [0.717, 1.165) is 31.4 Å². The van der Waals surface area contributed by atoms with Crippen LogP contribution in [0.5, 0.6) is 0 Å². The van der Waals surface area contributed by atoms with Crippen LogP contribution < -0.4 is 10.2 Å². The lowest BCUT2D eigenvalue weighted by atomic mass is 9.92.